The molecule has 1 amide bonds. The fourth-order valence-corrected chi connectivity index (χ4v) is 3.99. The smallest absolute Gasteiger partial charge is 0.220 e. The van der Waals surface area contributed by atoms with Crippen LogP contribution in [0.5, 0.6) is 11.5 Å². The van der Waals surface area contributed by atoms with Crippen LogP contribution in [0.2, 0.25) is 0 Å². The van der Waals surface area contributed by atoms with E-state index in [-0.39, 0.29) is 11.9 Å². The van der Waals surface area contributed by atoms with Gasteiger partial charge >= 0.3 is 0 Å². The summed E-state index contributed by atoms with van der Waals surface area (Å²) in [6.07, 6.45) is 5.66. The molecule has 2 heterocycles. The summed E-state index contributed by atoms with van der Waals surface area (Å²) >= 11 is 0. The normalized spacial score (nSPS) is 11.8. The lowest BCUT2D eigenvalue weighted by atomic mass is 10.0. The van der Waals surface area contributed by atoms with Crippen LogP contribution in [0, 0.1) is 25.2 Å². The molecule has 1 aromatic carbocycles. The monoisotopic (exact) mass is 463 g/mol. The molecule has 0 aliphatic rings. The molecule has 0 radical (unpaired) electrons. The van der Waals surface area contributed by atoms with E-state index in [0.717, 1.165) is 41.8 Å². The Morgan fingerprint density at radius 1 is 1.26 bits per heavy atom. The van der Waals surface area contributed by atoms with Gasteiger partial charge in [-0.3, -0.25) is 4.79 Å². The van der Waals surface area contributed by atoms with Crippen molar-refractivity contribution in [1.29, 1.82) is 5.26 Å². The minimum atomic E-state index is -0.178. The number of carbonyl (C=O) groups is 1. The third-order valence-corrected chi connectivity index (χ3v) is 6.00. The van der Waals surface area contributed by atoms with Crippen molar-refractivity contribution in [3.8, 4) is 17.6 Å². The Bertz CT molecular complexity index is 1200. The molecule has 34 heavy (non-hydrogen) atoms. The van der Waals surface area contributed by atoms with Gasteiger partial charge < -0.3 is 14.8 Å². The summed E-state index contributed by atoms with van der Waals surface area (Å²) in [5.41, 5.74) is 4.60. The van der Waals surface area contributed by atoms with Crippen LogP contribution in [0.1, 0.15) is 73.7 Å². The number of fused-ring (bicyclic) bond motifs is 1. The summed E-state index contributed by atoms with van der Waals surface area (Å²) < 4.78 is 13.0. The molecule has 0 aliphatic carbocycles. The number of methoxy groups -OCH3 is 1. The standard InChI is InChI=1S/C26H33N5O3/c1-6-7-8-13-34-23-11-9-20(14-24(23)33-5)17(2)29-25(32)12-10-22-18(3)30-26-21(15-27)16-28-31(26)19(22)4/h9,11,14,16-17H,6-8,10,12-13H2,1-5H3,(H,29,32). The topological polar surface area (TPSA) is 102 Å². The van der Waals surface area contributed by atoms with Gasteiger partial charge in [0.1, 0.15) is 11.6 Å². The molecule has 8 nitrogen and oxygen atoms in total. The predicted octanol–water partition coefficient (Wildman–Crippen LogP) is 4.61. The third kappa shape index (κ3) is 5.66. The van der Waals surface area contributed by atoms with Crippen LogP contribution in [0.4, 0.5) is 0 Å². The molecule has 0 aliphatic heterocycles. The number of unbranched alkanes of at least 4 members (excludes halogenated alkanes) is 2. The quantitative estimate of drug-likeness (QED) is 0.417. The zero-order valence-electron chi connectivity index (χ0n) is 20.6. The molecule has 0 saturated carbocycles. The molecule has 0 spiro atoms. The number of nitrogens with zero attached hydrogens (tertiary/aromatic N) is 4. The van der Waals surface area contributed by atoms with Gasteiger partial charge in [-0.05, 0) is 56.9 Å². The molecule has 2 aromatic heterocycles. The SMILES string of the molecule is CCCCCOc1ccc(C(C)NC(=O)CCc2c(C)nc3c(C#N)cnn3c2C)cc1OC. The van der Waals surface area contributed by atoms with Gasteiger partial charge in [0.15, 0.2) is 17.1 Å². The van der Waals surface area contributed by atoms with Crippen molar-refractivity contribution in [3.63, 3.8) is 0 Å². The van der Waals surface area contributed by atoms with Crippen LogP contribution in [-0.2, 0) is 11.2 Å². The van der Waals surface area contributed by atoms with Gasteiger partial charge in [0.05, 0.1) is 26.0 Å². The first kappa shape index (κ1) is 25.0. The molecule has 0 fully saturated rings. The molecule has 0 bridgehead atoms. The molecular formula is C26H33N5O3. The highest BCUT2D eigenvalue weighted by Crippen LogP contribution is 2.30. The Morgan fingerprint density at radius 3 is 2.76 bits per heavy atom. The van der Waals surface area contributed by atoms with Crippen LogP contribution in [0.3, 0.4) is 0 Å². The van der Waals surface area contributed by atoms with E-state index in [0.29, 0.717) is 42.2 Å². The number of aryl methyl sites for hydroxylation is 2. The fourth-order valence-electron chi connectivity index (χ4n) is 3.99. The van der Waals surface area contributed by atoms with Crippen molar-refractivity contribution in [2.24, 2.45) is 0 Å². The number of rotatable bonds is 11. The Labute approximate surface area is 200 Å². The number of aromatic nitrogens is 3. The average molecular weight is 464 g/mol. The number of hydrogen-bond acceptors (Lipinski definition) is 6. The lowest BCUT2D eigenvalue weighted by Gasteiger charge is -2.18. The summed E-state index contributed by atoms with van der Waals surface area (Å²) in [5.74, 6) is 1.33. The van der Waals surface area contributed by atoms with Crippen molar-refractivity contribution in [3.05, 3.63) is 52.5 Å². The zero-order chi connectivity index (χ0) is 24.7. The number of nitrogens with one attached hydrogen (secondary N) is 1. The maximum atomic E-state index is 12.7. The largest absolute Gasteiger partial charge is 0.493 e. The van der Waals surface area contributed by atoms with E-state index < -0.39 is 0 Å². The minimum absolute atomic E-state index is 0.0524. The lowest BCUT2D eigenvalue weighted by molar-refractivity contribution is -0.121. The van der Waals surface area contributed by atoms with Crippen LogP contribution in [0.15, 0.2) is 24.4 Å². The van der Waals surface area contributed by atoms with Crippen LogP contribution >= 0.6 is 0 Å². The Balaban J connectivity index is 1.62. The van der Waals surface area contributed by atoms with E-state index in [2.05, 4.69) is 28.4 Å². The second kappa shape index (κ2) is 11.5. The predicted molar refractivity (Wildman–Crippen MR) is 130 cm³/mol. The molecule has 180 valence electrons. The number of hydrogen-bond donors (Lipinski definition) is 1. The highest BCUT2D eigenvalue weighted by molar-refractivity contribution is 5.76. The van der Waals surface area contributed by atoms with Gasteiger partial charge in [-0.1, -0.05) is 25.8 Å². The molecule has 3 rings (SSSR count). The summed E-state index contributed by atoms with van der Waals surface area (Å²) in [6, 6.07) is 7.70. The van der Waals surface area contributed by atoms with E-state index in [1.807, 2.05) is 39.0 Å². The lowest BCUT2D eigenvalue weighted by Crippen LogP contribution is -2.27. The van der Waals surface area contributed by atoms with Gasteiger partial charge in [-0.15, -0.1) is 0 Å². The number of amides is 1. The van der Waals surface area contributed by atoms with Gasteiger partial charge in [0, 0.05) is 17.8 Å². The van der Waals surface area contributed by atoms with Gasteiger partial charge in [-0.2, -0.15) is 10.4 Å². The van der Waals surface area contributed by atoms with Gasteiger partial charge in [-0.25, -0.2) is 9.50 Å². The van der Waals surface area contributed by atoms with Crippen molar-refractivity contribution in [2.45, 2.75) is 65.8 Å². The number of ether oxygens (including phenoxy) is 2. The molecule has 3 aromatic rings. The highest BCUT2D eigenvalue weighted by Gasteiger charge is 2.17. The average Bonchev–Trinajstić information content (AvgIpc) is 3.24. The second-order valence-corrected chi connectivity index (χ2v) is 8.42. The molecule has 1 unspecified atom stereocenters. The van der Waals surface area contributed by atoms with E-state index in [9.17, 15) is 10.1 Å². The summed E-state index contributed by atoms with van der Waals surface area (Å²) in [6.45, 7) is 8.60. The second-order valence-electron chi connectivity index (χ2n) is 8.42. The van der Waals surface area contributed by atoms with Crippen molar-refractivity contribution >= 4 is 11.6 Å². The van der Waals surface area contributed by atoms with Crippen LogP contribution in [-0.4, -0.2) is 34.2 Å². The molecule has 0 saturated heterocycles. The molecule has 8 heteroatoms. The van der Waals surface area contributed by atoms with Gasteiger partial charge in [0.25, 0.3) is 0 Å². The summed E-state index contributed by atoms with van der Waals surface area (Å²) in [5, 5.41) is 16.6. The van der Waals surface area contributed by atoms with E-state index >= 15 is 0 Å². The summed E-state index contributed by atoms with van der Waals surface area (Å²) in [4.78, 5) is 17.2. The van der Waals surface area contributed by atoms with Crippen molar-refractivity contribution < 1.29 is 14.3 Å². The Kier molecular flexibility index (Phi) is 8.47. The maximum Gasteiger partial charge on any atom is 0.220 e. The minimum Gasteiger partial charge on any atom is -0.493 e. The van der Waals surface area contributed by atoms with Gasteiger partial charge in [0.2, 0.25) is 5.91 Å². The first-order chi connectivity index (χ1) is 16.4. The number of carbonyl (C=O) groups excluding carboxylic acids is 1. The van der Waals surface area contributed by atoms with Crippen molar-refractivity contribution in [2.75, 3.05) is 13.7 Å². The van der Waals surface area contributed by atoms with Crippen molar-refractivity contribution in [1.82, 2.24) is 19.9 Å². The third-order valence-electron chi connectivity index (χ3n) is 6.00. The first-order valence-electron chi connectivity index (χ1n) is 11.7. The Morgan fingerprint density at radius 2 is 2.06 bits per heavy atom. The van der Waals surface area contributed by atoms with E-state index in [1.165, 1.54) is 6.20 Å². The highest BCUT2D eigenvalue weighted by atomic mass is 16.5. The van der Waals surface area contributed by atoms with E-state index in [1.54, 1.807) is 11.6 Å². The first-order valence-corrected chi connectivity index (χ1v) is 11.7. The maximum absolute atomic E-state index is 12.7. The zero-order valence-corrected chi connectivity index (χ0v) is 20.6. The Hall–Kier alpha value is -3.60. The van der Waals surface area contributed by atoms with Crippen LogP contribution < -0.4 is 14.8 Å². The fraction of sp³-hybridized carbons (Fsp3) is 0.462. The molecular weight excluding hydrogens is 430 g/mol. The molecule has 1 atom stereocenters. The summed E-state index contributed by atoms with van der Waals surface area (Å²) in [7, 11) is 1.62. The van der Waals surface area contributed by atoms with E-state index in [4.69, 9.17) is 9.47 Å². The number of nitriles is 1. The van der Waals surface area contributed by atoms with Crippen LogP contribution in [0.25, 0.3) is 5.65 Å². The molecule has 1 N–H and O–H groups in total. The number of benzene rings is 1.